The summed E-state index contributed by atoms with van der Waals surface area (Å²) in [5.74, 6) is -0.0977. The number of fused-ring (bicyclic) bond motifs is 2. The van der Waals surface area contributed by atoms with Crippen molar-refractivity contribution in [1.29, 1.82) is 0 Å². The van der Waals surface area contributed by atoms with Crippen molar-refractivity contribution in [3.05, 3.63) is 72.4 Å². The van der Waals surface area contributed by atoms with Gasteiger partial charge >= 0.3 is 6.18 Å². The molecule has 0 aliphatic heterocycles. The van der Waals surface area contributed by atoms with Crippen LogP contribution in [0.2, 0.25) is 5.02 Å². The second kappa shape index (κ2) is 12.6. The summed E-state index contributed by atoms with van der Waals surface area (Å²) in [6, 6.07) is 9.91. The van der Waals surface area contributed by atoms with Crippen molar-refractivity contribution >= 4 is 70.4 Å². The highest BCUT2D eigenvalue weighted by Gasteiger charge is 2.43. The molecule has 1 aromatic carbocycles. The molecule has 0 saturated carbocycles. The Hall–Kier alpha value is -3.78. The molecule has 0 radical (unpaired) electrons. The highest BCUT2D eigenvalue weighted by molar-refractivity contribution is 6.32. The fourth-order valence-electron chi connectivity index (χ4n) is 3.90. The van der Waals surface area contributed by atoms with Gasteiger partial charge in [0.05, 0.1) is 22.3 Å². The first-order valence-corrected chi connectivity index (χ1v) is 11.6. The first-order chi connectivity index (χ1) is 18.2. The summed E-state index contributed by atoms with van der Waals surface area (Å²) in [5, 5.41) is 9.84. The minimum absolute atomic E-state index is 0. The fourth-order valence-corrected chi connectivity index (χ4v) is 4.12. The number of amides is 1. The summed E-state index contributed by atoms with van der Waals surface area (Å²) >= 11 is 6.47. The quantitative estimate of drug-likeness (QED) is 0.210. The van der Waals surface area contributed by atoms with Gasteiger partial charge < -0.3 is 20.4 Å². The molecule has 1 amide bonds. The van der Waals surface area contributed by atoms with Crippen LogP contribution < -0.4 is 21.1 Å². The Morgan fingerprint density at radius 1 is 1.12 bits per heavy atom. The third-order valence-corrected chi connectivity index (χ3v) is 5.95. The van der Waals surface area contributed by atoms with E-state index in [9.17, 15) is 18.0 Å². The monoisotopic (exact) mass is 616 g/mol. The van der Waals surface area contributed by atoms with Crippen molar-refractivity contribution in [2.24, 2.45) is 5.73 Å². The van der Waals surface area contributed by atoms with Crippen LogP contribution in [0.4, 0.5) is 24.7 Å². The zero-order chi connectivity index (χ0) is 26.9. The van der Waals surface area contributed by atoms with E-state index < -0.39 is 18.1 Å². The lowest BCUT2D eigenvalue weighted by atomic mass is 10.2. The average molecular weight is 618 g/mol. The molecule has 5 aromatic rings. The van der Waals surface area contributed by atoms with Crippen LogP contribution in [0.5, 0.6) is 11.5 Å². The predicted molar refractivity (Wildman–Crippen MR) is 149 cm³/mol. The molecule has 0 spiro atoms. The summed E-state index contributed by atoms with van der Waals surface area (Å²) in [4.78, 5) is 19.7. The molecule has 4 aromatic heterocycles. The summed E-state index contributed by atoms with van der Waals surface area (Å²) in [5.41, 5.74) is 7.54. The zero-order valence-corrected chi connectivity index (χ0v) is 22.7. The van der Waals surface area contributed by atoms with Gasteiger partial charge in [0.25, 0.3) is 0 Å². The highest BCUT2D eigenvalue weighted by atomic mass is 35.5. The number of nitrogens with two attached hydrogens (primary N) is 1. The molecule has 4 N–H and O–H groups in total. The van der Waals surface area contributed by atoms with Crippen molar-refractivity contribution in [1.82, 2.24) is 29.5 Å². The number of hydrogen-bond donors (Lipinski definition) is 3. The number of hydrogen-bond acceptors (Lipinski definition) is 7. The van der Waals surface area contributed by atoms with E-state index in [1.165, 1.54) is 6.33 Å². The number of aromatic nitrogens is 5. The molecule has 0 fully saturated rings. The summed E-state index contributed by atoms with van der Waals surface area (Å²) in [6.07, 6.45) is 1.66. The third kappa shape index (κ3) is 6.67. The van der Waals surface area contributed by atoms with Gasteiger partial charge in [-0.05, 0) is 42.5 Å². The number of carbonyl (C=O) groups is 1. The topological polar surface area (TPSA) is 124 Å². The largest absolute Gasteiger partial charge is 0.454 e. The molecule has 4 heterocycles. The maximum Gasteiger partial charge on any atom is 0.412 e. The van der Waals surface area contributed by atoms with E-state index >= 15 is 0 Å². The number of nitrogens with zero attached hydrogens (tertiary/aromatic N) is 5. The lowest BCUT2D eigenvalue weighted by molar-refractivity contribution is -0.166. The van der Waals surface area contributed by atoms with Gasteiger partial charge in [0, 0.05) is 31.2 Å². The lowest BCUT2D eigenvalue weighted by Gasteiger charge is -2.19. The molecule has 0 saturated heterocycles. The maximum absolute atomic E-state index is 13.0. The van der Waals surface area contributed by atoms with Gasteiger partial charge in [0.1, 0.15) is 23.3 Å². The smallest absolute Gasteiger partial charge is 0.412 e. The summed E-state index contributed by atoms with van der Waals surface area (Å²) in [7, 11) is 0. The number of anilines is 2. The second-order valence-electron chi connectivity index (χ2n) is 8.23. The van der Waals surface area contributed by atoms with E-state index in [1.54, 1.807) is 58.0 Å². The first kappa shape index (κ1) is 30.8. The number of carbonyl (C=O) groups excluding carboxylic acids is 1. The molecule has 16 heteroatoms. The molecule has 0 aliphatic carbocycles. The minimum Gasteiger partial charge on any atom is -0.454 e. The summed E-state index contributed by atoms with van der Waals surface area (Å²) in [6.45, 7) is -0.0764. The van der Waals surface area contributed by atoms with E-state index in [1.807, 2.05) is 12.1 Å². The average Bonchev–Trinajstić information content (AvgIpc) is 3.50. The van der Waals surface area contributed by atoms with Crippen LogP contribution in [0, 0.1) is 0 Å². The lowest BCUT2D eigenvalue weighted by Crippen LogP contribution is -2.52. The standard InChI is InChI=1S/C24H20ClF3N8O2.2ClH/c25-17-11-14(1-4-19(17)38-16-3-2-15-5-7-33-36(15)12-16)34-23-20-18(31-13-32-23)6-9-35(20)10-8-30-21(22(29)37)24(26,27)28;;/h1-7,9,11-13,21,30H,8,10H2,(H2,29,37)(H,31,32,34);2*1H/t21-;;/m1../s1. The Kier molecular flexibility index (Phi) is 9.69. The maximum atomic E-state index is 13.0. The molecule has 0 bridgehead atoms. The Bertz CT molecular complexity index is 1630. The van der Waals surface area contributed by atoms with Crippen LogP contribution >= 0.6 is 36.4 Å². The first-order valence-electron chi connectivity index (χ1n) is 11.3. The van der Waals surface area contributed by atoms with Crippen LogP contribution in [-0.2, 0) is 11.3 Å². The van der Waals surface area contributed by atoms with Gasteiger partial charge in [-0.1, -0.05) is 11.6 Å². The van der Waals surface area contributed by atoms with Crippen LogP contribution in [0.3, 0.4) is 0 Å². The Labute approximate surface area is 242 Å². The van der Waals surface area contributed by atoms with Gasteiger partial charge in [-0.3, -0.25) is 10.1 Å². The van der Waals surface area contributed by atoms with Crippen molar-refractivity contribution in [2.45, 2.75) is 18.8 Å². The Morgan fingerprint density at radius 3 is 2.65 bits per heavy atom. The number of pyridine rings is 1. The van der Waals surface area contributed by atoms with E-state index in [0.717, 1.165) is 5.52 Å². The van der Waals surface area contributed by atoms with Gasteiger partial charge in [0.15, 0.2) is 11.9 Å². The van der Waals surface area contributed by atoms with Crippen molar-refractivity contribution in [2.75, 3.05) is 11.9 Å². The van der Waals surface area contributed by atoms with E-state index in [-0.39, 0.29) is 37.9 Å². The van der Waals surface area contributed by atoms with Crippen molar-refractivity contribution < 1.29 is 22.7 Å². The molecule has 5 rings (SSSR count). The van der Waals surface area contributed by atoms with Gasteiger partial charge in [0.2, 0.25) is 5.91 Å². The molecule has 0 aliphatic rings. The molecule has 1 atom stereocenters. The van der Waals surface area contributed by atoms with E-state index in [0.29, 0.717) is 39.1 Å². The second-order valence-corrected chi connectivity index (χ2v) is 8.64. The van der Waals surface area contributed by atoms with Crippen LogP contribution in [0.25, 0.3) is 16.6 Å². The van der Waals surface area contributed by atoms with Gasteiger partial charge in [-0.2, -0.15) is 18.3 Å². The van der Waals surface area contributed by atoms with Gasteiger partial charge in [-0.25, -0.2) is 14.5 Å². The van der Waals surface area contributed by atoms with Gasteiger partial charge in [-0.15, -0.1) is 24.8 Å². The van der Waals surface area contributed by atoms with Crippen LogP contribution in [0.15, 0.2) is 67.4 Å². The fraction of sp³-hybridized carbons (Fsp3) is 0.167. The predicted octanol–water partition coefficient (Wildman–Crippen LogP) is 5.12. The number of alkyl halides is 3. The molecule has 10 nitrogen and oxygen atoms in total. The van der Waals surface area contributed by atoms with Crippen molar-refractivity contribution in [3.8, 4) is 11.5 Å². The van der Waals surface area contributed by atoms with Crippen LogP contribution in [-0.4, -0.2) is 48.8 Å². The van der Waals surface area contributed by atoms with E-state index in [4.69, 9.17) is 22.1 Å². The number of primary amides is 1. The number of halogens is 6. The molecule has 40 heavy (non-hydrogen) atoms. The SMILES string of the molecule is Cl.Cl.NC(=O)[C@@H](NCCn1ccc2ncnc(Nc3ccc(Oc4ccc5ccnn5c4)c(Cl)c3)c21)C(F)(F)F. The number of rotatable bonds is 9. The normalized spacial score (nSPS) is 12.0. The summed E-state index contributed by atoms with van der Waals surface area (Å²) < 4.78 is 48.3. The zero-order valence-electron chi connectivity index (χ0n) is 20.3. The molecular formula is C24H22Cl3F3N8O2. The molecular weight excluding hydrogens is 596 g/mol. The number of nitrogens with one attached hydrogen (secondary N) is 2. The Balaban J connectivity index is 0.00000220. The minimum atomic E-state index is -4.79. The van der Waals surface area contributed by atoms with Crippen LogP contribution in [0.1, 0.15) is 0 Å². The number of ether oxygens (including phenoxy) is 1. The third-order valence-electron chi connectivity index (χ3n) is 5.65. The molecule has 212 valence electrons. The molecule has 0 unspecified atom stereocenters. The number of benzene rings is 1. The Morgan fingerprint density at radius 2 is 1.93 bits per heavy atom. The van der Waals surface area contributed by atoms with E-state index in [2.05, 4.69) is 25.7 Å². The highest BCUT2D eigenvalue weighted by Crippen LogP contribution is 2.33. The van der Waals surface area contributed by atoms with Crippen molar-refractivity contribution in [3.63, 3.8) is 0 Å².